The molecule has 0 unspecified atom stereocenters. The van der Waals surface area contributed by atoms with Crippen molar-refractivity contribution in [3.05, 3.63) is 42.7 Å². The summed E-state index contributed by atoms with van der Waals surface area (Å²) in [6.45, 7) is 3.62. The monoisotopic (exact) mass is 175 g/mol. The second kappa shape index (κ2) is 5.21. The van der Waals surface area contributed by atoms with E-state index >= 15 is 0 Å². The van der Waals surface area contributed by atoms with Crippen molar-refractivity contribution >= 4 is 0 Å². The number of nitrogens with zero attached hydrogens (tertiary/aromatic N) is 1. The van der Waals surface area contributed by atoms with Gasteiger partial charge in [0.2, 0.25) is 0 Å². The molecule has 1 aromatic heterocycles. The molecule has 0 aromatic carbocycles. The molecule has 0 spiro atoms. The molecule has 10 heavy (non-hydrogen) atoms. The first-order valence-electron chi connectivity index (χ1n) is 2.94. The zero-order chi connectivity index (χ0) is 6.53. The van der Waals surface area contributed by atoms with Crippen molar-refractivity contribution in [1.29, 1.82) is 0 Å². The average Bonchev–Trinajstić information content (AvgIpc) is 1.91. The van der Waals surface area contributed by atoms with E-state index in [2.05, 4.69) is 11.6 Å². The number of pyridine rings is 1. The van der Waals surface area contributed by atoms with Gasteiger partial charge >= 0.3 is 0 Å². The zero-order valence-electron chi connectivity index (χ0n) is 5.60. The van der Waals surface area contributed by atoms with Crippen LogP contribution in [0.5, 0.6) is 0 Å². The Labute approximate surface area is 71.7 Å². The van der Waals surface area contributed by atoms with Crippen LogP contribution in [0.4, 0.5) is 0 Å². The Hall–Kier alpha value is -0.591. The zero-order valence-corrected chi connectivity index (χ0v) is 6.71. The maximum absolute atomic E-state index is 4.10. The van der Waals surface area contributed by atoms with Crippen molar-refractivity contribution in [2.45, 2.75) is 6.42 Å². The standard InChI is InChI=1S/C8H9N.Fe/c1-2-5-8-6-3-4-7-9-8;/h2-4,6-7H,1,5H2;. The van der Waals surface area contributed by atoms with Gasteiger partial charge in [-0.3, -0.25) is 4.98 Å². The van der Waals surface area contributed by atoms with E-state index in [4.69, 9.17) is 0 Å². The van der Waals surface area contributed by atoms with Crippen LogP contribution in [0, 0.1) is 0 Å². The summed E-state index contributed by atoms with van der Waals surface area (Å²) in [5.41, 5.74) is 1.08. The van der Waals surface area contributed by atoms with E-state index in [1.54, 1.807) is 6.20 Å². The molecule has 0 aliphatic rings. The van der Waals surface area contributed by atoms with Crippen LogP contribution in [-0.4, -0.2) is 4.98 Å². The van der Waals surface area contributed by atoms with Gasteiger partial charge in [-0.1, -0.05) is 12.1 Å². The Balaban J connectivity index is 0.000000810. The molecule has 54 valence electrons. The molecule has 0 fully saturated rings. The van der Waals surface area contributed by atoms with Crippen molar-refractivity contribution in [2.24, 2.45) is 0 Å². The van der Waals surface area contributed by atoms with Gasteiger partial charge in [0, 0.05) is 35.4 Å². The van der Waals surface area contributed by atoms with Gasteiger partial charge in [0.25, 0.3) is 0 Å². The summed E-state index contributed by atoms with van der Waals surface area (Å²) >= 11 is 0. The van der Waals surface area contributed by atoms with Gasteiger partial charge in [0.15, 0.2) is 0 Å². The van der Waals surface area contributed by atoms with Gasteiger partial charge in [-0.15, -0.1) is 6.58 Å². The third-order valence-electron chi connectivity index (χ3n) is 1.08. The van der Waals surface area contributed by atoms with Crippen LogP contribution >= 0.6 is 0 Å². The maximum atomic E-state index is 4.10. The fourth-order valence-corrected chi connectivity index (χ4v) is 0.667. The van der Waals surface area contributed by atoms with Gasteiger partial charge in [-0.05, 0) is 12.1 Å². The van der Waals surface area contributed by atoms with Gasteiger partial charge in [-0.2, -0.15) is 0 Å². The molecule has 1 heterocycles. The summed E-state index contributed by atoms with van der Waals surface area (Å²) < 4.78 is 0. The summed E-state index contributed by atoms with van der Waals surface area (Å²) in [4.78, 5) is 4.10. The summed E-state index contributed by atoms with van der Waals surface area (Å²) in [6.07, 6.45) is 4.50. The Morgan fingerprint density at radius 3 is 2.80 bits per heavy atom. The topological polar surface area (TPSA) is 12.9 Å². The molecular weight excluding hydrogens is 166 g/mol. The molecule has 0 radical (unpaired) electrons. The molecular formula is C8H9FeN. The third-order valence-corrected chi connectivity index (χ3v) is 1.08. The van der Waals surface area contributed by atoms with Crippen LogP contribution < -0.4 is 0 Å². The molecule has 0 saturated carbocycles. The smallest absolute Gasteiger partial charge is 0.0441 e. The number of aromatic nitrogens is 1. The Bertz CT molecular complexity index is 184. The van der Waals surface area contributed by atoms with Gasteiger partial charge in [-0.25, -0.2) is 0 Å². The average molecular weight is 175 g/mol. The molecule has 0 N–H and O–H groups in total. The molecule has 0 atom stereocenters. The summed E-state index contributed by atoms with van der Waals surface area (Å²) in [6, 6.07) is 5.88. The number of hydrogen-bond acceptors (Lipinski definition) is 1. The van der Waals surface area contributed by atoms with E-state index < -0.39 is 0 Å². The molecule has 0 aliphatic carbocycles. The first-order valence-corrected chi connectivity index (χ1v) is 2.94. The van der Waals surface area contributed by atoms with Gasteiger partial charge < -0.3 is 0 Å². The quantitative estimate of drug-likeness (QED) is 0.493. The van der Waals surface area contributed by atoms with Crippen molar-refractivity contribution in [3.8, 4) is 0 Å². The minimum absolute atomic E-state index is 0. The fourth-order valence-electron chi connectivity index (χ4n) is 0.667. The molecule has 1 aromatic rings. The van der Waals surface area contributed by atoms with Gasteiger partial charge in [0.1, 0.15) is 0 Å². The normalized spacial score (nSPS) is 8.00. The predicted octanol–water partition coefficient (Wildman–Crippen LogP) is 1.81. The van der Waals surface area contributed by atoms with Crippen molar-refractivity contribution < 1.29 is 17.1 Å². The van der Waals surface area contributed by atoms with Crippen LogP contribution in [0.2, 0.25) is 0 Å². The van der Waals surface area contributed by atoms with E-state index in [-0.39, 0.29) is 17.1 Å². The fraction of sp³-hybridized carbons (Fsp3) is 0.125. The second-order valence-corrected chi connectivity index (χ2v) is 1.81. The van der Waals surface area contributed by atoms with E-state index in [0.29, 0.717) is 0 Å². The summed E-state index contributed by atoms with van der Waals surface area (Å²) in [7, 11) is 0. The molecule has 1 nitrogen and oxygen atoms in total. The van der Waals surface area contributed by atoms with E-state index in [1.165, 1.54) is 0 Å². The van der Waals surface area contributed by atoms with Crippen molar-refractivity contribution in [2.75, 3.05) is 0 Å². The van der Waals surface area contributed by atoms with E-state index in [9.17, 15) is 0 Å². The molecule has 1 rings (SSSR count). The predicted molar refractivity (Wildman–Crippen MR) is 38.1 cm³/mol. The molecule has 0 amide bonds. The number of allylic oxidation sites excluding steroid dienone is 1. The minimum atomic E-state index is 0. The van der Waals surface area contributed by atoms with Crippen LogP contribution in [0.1, 0.15) is 5.69 Å². The van der Waals surface area contributed by atoms with Crippen molar-refractivity contribution in [1.82, 2.24) is 4.98 Å². The first-order chi connectivity index (χ1) is 4.43. The second-order valence-electron chi connectivity index (χ2n) is 1.81. The number of rotatable bonds is 2. The molecule has 0 saturated heterocycles. The maximum Gasteiger partial charge on any atom is 0.0441 e. The third kappa shape index (κ3) is 2.81. The summed E-state index contributed by atoms with van der Waals surface area (Å²) in [5.74, 6) is 0. The molecule has 0 aliphatic heterocycles. The molecule has 0 bridgehead atoms. The Kier molecular flexibility index (Phi) is 4.91. The minimum Gasteiger partial charge on any atom is -0.261 e. The van der Waals surface area contributed by atoms with Crippen LogP contribution in [0.15, 0.2) is 37.1 Å². The van der Waals surface area contributed by atoms with Crippen LogP contribution in [0.25, 0.3) is 0 Å². The Morgan fingerprint density at radius 2 is 2.30 bits per heavy atom. The van der Waals surface area contributed by atoms with Crippen molar-refractivity contribution in [3.63, 3.8) is 0 Å². The van der Waals surface area contributed by atoms with E-state index in [0.717, 1.165) is 12.1 Å². The SMILES string of the molecule is C=CCc1ccccn1.[Fe]. The van der Waals surface area contributed by atoms with Crippen LogP contribution in [0.3, 0.4) is 0 Å². The summed E-state index contributed by atoms with van der Waals surface area (Å²) in [5, 5.41) is 0. The number of hydrogen-bond donors (Lipinski definition) is 0. The first kappa shape index (κ1) is 9.41. The largest absolute Gasteiger partial charge is 0.261 e. The van der Waals surface area contributed by atoms with Crippen LogP contribution in [-0.2, 0) is 23.5 Å². The molecule has 2 heteroatoms. The van der Waals surface area contributed by atoms with E-state index in [1.807, 2.05) is 24.3 Å². The Morgan fingerprint density at radius 1 is 1.50 bits per heavy atom. The van der Waals surface area contributed by atoms with Gasteiger partial charge in [0.05, 0.1) is 0 Å².